The first-order valence-corrected chi connectivity index (χ1v) is 28.8. The fourth-order valence-electron chi connectivity index (χ4n) is 13.9. The largest absolute Gasteiger partial charge is 0.456 e. The summed E-state index contributed by atoms with van der Waals surface area (Å²) in [5, 5.41) is 32.7. The van der Waals surface area contributed by atoms with Crippen LogP contribution in [0.25, 0.3) is 159 Å². The number of hydrogen-bond donors (Lipinski definition) is 0. The Kier molecular flexibility index (Phi) is 9.95. The van der Waals surface area contributed by atoms with E-state index in [9.17, 15) is 10.5 Å². The normalized spacial score (nSPS) is 12.1. The maximum Gasteiger partial charge on any atom is 0.159 e. The number of rotatable bonds is 8. The number of nitrogens with zero attached hydrogens (tertiary/aromatic N) is 5. The lowest BCUT2D eigenvalue weighted by atomic mass is 9.99. The highest BCUT2D eigenvalue weighted by Gasteiger charge is 2.22. The number of hydrogen-bond acceptors (Lipinski definition) is 5. The van der Waals surface area contributed by atoms with Crippen molar-refractivity contribution in [2.75, 3.05) is 0 Å². The molecule has 6 heterocycles. The molecule has 396 valence electrons. The average Bonchev–Trinajstić information content (AvgIpc) is 2.65. The predicted octanol–water partition coefficient (Wildman–Crippen LogP) is 20.3. The summed E-state index contributed by atoms with van der Waals surface area (Å²) in [7, 11) is 0. The van der Waals surface area contributed by atoms with E-state index in [1.54, 1.807) is 0 Å². The summed E-state index contributed by atoms with van der Waals surface area (Å²) in [5.74, 6) is 0. The third-order valence-electron chi connectivity index (χ3n) is 17.8. The molecule has 0 aliphatic carbocycles. The van der Waals surface area contributed by atoms with Crippen molar-refractivity contribution in [2.24, 2.45) is 0 Å². The minimum absolute atomic E-state index is 0.575. The van der Waals surface area contributed by atoms with Crippen molar-refractivity contribution in [3.63, 3.8) is 0 Å². The van der Waals surface area contributed by atoms with Crippen molar-refractivity contribution in [1.29, 1.82) is 10.5 Å². The maximum atomic E-state index is 9.79. The zero-order chi connectivity index (χ0) is 56.0. The van der Waals surface area contributed by atoms with E-state index in [1.165, 1.54) is 32.7 Å². The maximum absolute atomic E-state index is 9.79. The van der Waals surface area contributed by atoms with Gasteiger partial charge in [-0.1, -0.05) is 103 Å². The third-order valence-corrected chi connectivity index (χ3v) is 17.8. The SMILES string of the molecule is N#Cc1ccc2c(c1)c1cc(C#N)ccc1n2-c1ccc2oc3c(-n4c5ccccc5c5cc(CCCc6ccc7oc8ccc(-c9ccc%10c(c9)c9ccccc9n%10-c9cccc%10c9oc9ccccc9%10)cc8c7c6)ccc54)cccc3c2c1. The molecule has 0 radical (unpaired) electrons. The van der Waals surface area contributed by atoms with Crippen LogP contribution in [-0.4, -0.2) is 13.7 Å². The molecule has 18 rings (SSSR count). The van der Waals surface area contributed by atoms with Crippen LogP contribution in [0.5, 0.6) is 0 Å². The molecule has 0 unspecified atom stereocenters. The third kappa shape index (κ3) is 7.01. The Morgan fingerprint density at radius 2 is 0.718 bits per heavy atom. The molecule has 0 N–H and O–H groups in total. The van der Waals surface area contributed by atoms with Crippen LogP contribution in [0.15, 0.2) is 250 Å². The average molecular weight is 1090 g/mol. The Bertz CT molecular complexity index is 5930. The highest BCUT2D eigenvalue weighted by molar-refractivity contribution is 6.16. The minimum Gasteiger partial charge on any atom is -0.456 e. The smallest absolute Gasteiger partial charge is 0.159 e. The monoisotopic (exact) mass is 1090 g/mol. The van der Waals surface area contributed by atoms with Crippen LogP contribution in [-0.2, 0) is 12.8 Å². The van der Waals surface area contributed by atoms with Gasteiger partial charge in [0.15, 0.2) is 11.2 Å². The van der Waals surface area contributed by atoms with Crippen LogP contribution in [0.1, 0.15) is 28.7 Å². The van der Waals surface area contributed by atoms with Gasteiger partial charge in [0.05, 0.1) is 67.7 Å². The van der Waals surface area contributed by atoms with Crippen molar-refractivity contribution in [2.45, 2.75) is 19.3 Å². The van der Waals surface area contributed by atoms with Crippen molar-refractivity contribution < 1.29 is 13.3 Å². The van der Waals surface area contributed by atoms with E-state index < -0.39 is 0 Å². The summed E-state index contributed by atoms with van der Waals surface area (Å²) < 4.78 is 26.8. The van der Waals surface area contributed by atoms with Crippen LogP contribution in [0.4, 0.5) is 0 Å². The van der Waals surface area contributed by atoms with Gasteiger partial charge in [0, 0.05) is 70.3 Å². The Balaban J connectivity index is 0.649. The van der Waals surface area contributed by atoms with Crippen LogP contribution in [0, 0.1) is 22.7 Å². The topological polar surface area (TPSA) is 102 Å². The fraction of sp³-hybridized carbons (Fsp3) is 0.0390. The second kappa shape index (κ2) is 18.0. The Morgan fingerprint density at radius 1 is 0.294 bits per heavy atom. The molecule has 0 saturated heterocycles. The Morgan fingerprint density at radius 3 is 1.38 bits per heavy atom. The van der Waals surface area contributed by atoms with E-state index in [1.807, 2.05) is 48.5 Å². The quantitative estimate of drug-likeness (QED) is 0.151. The molecule has 18 aromatic rings. The molecule has 0 aliphatic heterocycles. The molecule has 85 heavy (non-hydrogen) atoms. The van der Waals surface area contributed by atoms with Crippen LogP contribution in [0.3, 0.4) is 0 Å². The van der Waals surface area contributed by atoms with Crippen molar-refractivity contribution >= 4 is 131 Å². The van der Waals surface area contributed by atoms with Gasteiger partial charge in [0.2, 0.25) is 0 Å². The van der Waals surface area contributed by atoms with Gasteiger partial charge in [-0.05, 0) is 175 Å². The van der Waals surface area contributed by atoms with Gasteiger partial charge in [-0.15, -0.1) is 0 Å². The number of aromatic nitrogens is 3. The molecule has 0 bridgehead atoms. The number of fused-ring (bicyclic) bond motifs is 18. The summed E-state index contributed by atoms with van der Waals surface area (Å²) in [4.78, 5) is 0. The molecular formula is C77H45N5O3. The number of benzene rings is 12. The van der Waals surface area contributed by atoms with E-state index in [2.05, 4.69) is 214 Å². The Hall–Kier alpha value is -11.6. The molecule has 12 aromatic carbocycles. The van der Waals surface area contributed by atoms with Gasteiger partial charge < -0.3 is 27.0 Å². The molecule has 0 spiro atoms. The number of aryl methyl sites for hydroxylation is 2. The van der Waals surface area contributed by atoms with Crippen molar-refractivity contribution in [3.05, 3.63) is 259 Å². The second-order valence-corrected chi connectivity index (χ2v) is 22.5. The molecule has 0 fully saturated rings. The van der Waals surface area contributed by atoms with Gasteiger partial charge in [-0.2, -0.15) is 10.5 Å². The molecular weight excluding hydrogens is 1040 g/mol. The number of nitriles is 2. The van der Waals surface area contributed by atoms with E-state index in [0.717, 1.165) is 157 Å². The molecule has 8 nitrogen and oxygen atoms in total. The Labute approximate surface area is 484 Å². The molecule has 0 atom stereocenters. The number of furan rings is 3. The second-order valence-electron chi connectivity index (χ2n) is 22.5. The van der Waals surface area contributed by atoms with Gasteiger partial charge >= 0.3 is 0 Å². The van der Waals surface area contributed by atoms with Crippen molar-refractivity contribution in [1.82, 2.24) is 13.7 Å². The summed E-state index contributed by atoms with van der Waals surface area (Å²) in [6, 6.07) is 88.0. The van der Waals surface area contributed by atoms with E-state index >= 15 is 0 Å². The lowest BCUT2D eigenvalue weighted by Crippen LogP contribution is -1.95. The fourth-order valence-corrected chi connectivity index (χ4v) is 13.9. The molecule has 8 heteroatoms. The predicted molar refractivity (Wildman–Crippen MR) is 345 cm³/mol. The minimum atomic E-state index is 0.575. The summed E-state index contributed by atoms with van der Waals surface area (Å²) in [6.07, 6.45) is 2.86. The molecule has 0 aliphatic rings. The summed E-state index contributed by atoms with van der Waals surface area (Å²) in [6.45, 7) is 0. The highest BCUT2D eigenvalue weighted by Crippen LogP contribution is 2.43. The van der Waals surface area contributed by atoms with E-state index in [0.29, 0.717) is 11.1 Å². The number of para-hydroxylation sites is 5. The van der Waals surface area contributed by atoms with E-state index in [-0.39, 0.29) is 0 Å². The van der Waals surface area contributed by atoms with Gasteiger partial charge in [-0.25, -0.2) is 0 Å². The molecule has 0 amide bonds. The van der Waals surface area contributed by atoms with Crippen LogP contribution >= 0.6 is 0 Å². The zero-order valence-electron chi connectivity index (χ0n) is 45.6. The molecule has 6 aromatic heterocycles. The van der Waals surface area contributed by atoms with Crippen LogP contribution < -0.4 is 0 Å². The molecule has 0 saturated carbocycles. The lowest BCUT2D eigenvalue weighted by molar-refractivity contribution is 0.666. The lowest BCUT2D eigenvalue weighted by Gasteiger charge is -2.09. The first-order valence-electron chi connectivity index (χ1n) is 28.8. The van der Waals surface area contributed by atoms with Gasteiger partial charge in [0.1, 0.15) is 22.3 Å². The van der Waals surface area contributed by atoms with Gasteiger partial charge in [-0.3, -0.25) is 0 Å². The standard InChI is InChI=1S/C77H45N5O3/c78-43-47-23-30-66-58(38-47)59-39-48(44-79)24-31-67(59)80(66)51-28-35-75-63(42-51)56-16-9-20-71(77(56)85-75)81-64-17-4-1-12-52(64)57-36-45(22-29-68(57)81)10-7-11-46-25-33-73-61(37-46)62-41-50(27-34-74(62)83-73)49-26-32-69-60(40-49)53-13-2-5-18-65(53)82(69)70-19-8-15-55-54-14-3-6-21-72(54)84-76(55)70/h1-6,8-9,12-42H,7,10-11H2. The van der Waals surface area contributed by atoms with Gasteiger partial charge in [0.25, 0.3) is 0 Å². The van der Waals surface area contributed by atoms with Crippen LogP contribution in [0.2, 0.25) is 0 Å². The van der Waals surface area contributed by atoms with E-state index in [4.69, 9.17) is 13.3 Å². The first kappa shape index (κ1) is 47.1. The summed E-state index contributed by atoms with van der Waals surface area (Å²) in [5.41, 5.74) is 20.6. The zero-order valence-corrected chi connectivity index (χ0v) is 45.6. The van der Waals surface area contributed by atoms with Crippen molar-refractivity contribution in [3.8, 4) is 40.3 Å². The summed E-state index contributed by atoms with van der Waals surface area (Å²) >= 11 is 0. The highest BCUT2D eigenvalue weighted by atomic mass is 16.3. The first-order chi connectivity index (χ1) is 42.0.